The summed E-state index contributed by atoms with van der Waals surface area (Å²) in [5, 5.41) is 5.58. The van der Waals surface area contributed by atoms with Gasteiger partial charge in [-0.2, -0.15) is 0 Å². The number of pyridine rings is 1. The predicted molar refractivity (Wildman–Crippen MR) is 90.5 cm³/mol. The van der Waals surface area contributed by atoms with E-state index in [4.69, 9.17) is 4.74 Å². The SMILES string of the molecule is Cc1cccc(C)c1OCCCNC(=O)NCc1ccccn1. The fourth-order valence-electron chi connectivity index (χ4n) is 2.21. The van der Waals surface area contributed by atoms with Gasteiger partial charge in [0.05, 0.1) is 18.8 Å². The second kappa shape index (κ2) is 8.78. The van der Waals surface area contributed by atoms with Crippen LogP contribution in [0.2, 0.25) is 0 Å². The van der Waals surface area contributed by atoms with Gasteiger partial charge in [0.15, 0.2) is 0 Å². The smallest absolute Gasteiger partial charge is 0.315 e. The van der Waals surface area contributed by atoms with Gasteiger partial charge in [0.2, 0.25) is 0 Å². The van der Waals surface area contributed by atoms with Crippen molar-refractivity contribution < 1.29 is 9.53 Å². The molecule has 0 aliphatic carbocycles. The van der Waals surface area contributed by atoms with E-state index in [1.807, 2.05) is 50.2 Å². The van der Waals surface area contributed by atoms with Gasteiger partial charge in [0.1, 0.15) is 5.75 Å². The van der Waals surface area contributed by atoms with Crippen LogP contribution in [-0.2, 0) is 6.54 Å². The topological polar surface area (TPSA) is 63.2 Å². The number of urea groups is 1. The van der Waals surface area contributed by atoms with E-state index in [2.05, 4.69) is 15.6 Å². The third-order valence-corrected chi connectivity index (χ3v) is 3.42. The average molecular weight is 313 g/mol. The van der Waals surface area contributed by atoms with Crippen molar-refractivity contribution in [3.05, 3.63) is 59.4 Å². The van der Waals surface area contributed by atoms with Crippen LogP contribution in [0.4, 0.5) is 4.79 Å². The summed E-state index contributed by atoms with van der Waals surface area (Å²) in [5.41, 5.74) is 3.10. The molecule has 0 radical (unpaired) electrons. The van der Waals surface area contributed by atoms with Gasteiger partial charge in [0.25, 0.3) is 0 Å². The molecule has 1 aromatic heterocycles. The van der Waals surface area contributed by atoms with Crippen molar-refractivity contribution in [2.24, 2.45) is 0 Å². The van der Waals surface area contributed by atoms with E-state index in [1.165, 1.54) is 0 Å². The first kappa shape index (κ1) is 16.8. The predicted octanol–water partition coefficient (Wildman–Crippen LogP) is 2.97. The first-order valence-electron chi connectivity index (χ1n) is 7.77. The number of ether oxygens (including phenoxy) is 1. The molecule has 23 heavy (non-hydrogen) atoms. The van der Waals surface area contributed by atoms with E-state index in [9.17, 15) is 4.79 Å². The Hall–Kier alpha value is -2.56. The van der Waals surface area contributed by atoms with Gasteiger partial charge in [-0.05, 0) is 43.5 Å². The Morgan fingerprint density at radius 1 is 1.09 bits per heavy atom. The molecule has 1 aromatic carbocycles. The van der Waals surface area contributed by atoms with E-state index in [1.54, 1.807) is 6.20 Å². The molecule has 0 bridgehead atoms. The van der Waals surface area contributed by atoms with Crippen molar-refractivity contribution >= 4 is 6.03 Å². The van der Waals surface area contributed by atoms with Gasteiger partial charge in [-0.3, -0.25) is 4.98 Å². The molecule has 0 spiro atoms. The fraction of sp³-hybridized carbons (Fsp3) is 0.333. The Labute approximate surface area is 137 Å². The van der Waals surface area contributed by atoms with Crippen molar-refractivity contribution in [3.8, 4) is 5.75 Å². The minimum absolute atomic E-state index is 0.192. The number of nitrogens with zero attached hydrogens (tertiary/aromatic N) is 1. The van der Waals surface area contributed by atoms with Crippen molar-refractivity contribution in [3.63, 3.8) is 0 Å². The van der Waals surface area contributed by atoms with Crippen molar-refractivity contribution in [2.45, 2.75) is 26.8 Å². The molecular formula is C18H23N3O2. The monoisotopic (exact) mass is 313 g/mol. The minimum Gasteiger partial charge on any atom is -0.493 e. The summed E-state index contributed by atoms with van der Waals surface area (Å²) in [6.45, 7) is 5.63. The lowest BCUT2D eigenvalue weighted by Gasteiger charge is -2.12. The number of carbonyl (C=O) groups is 1. The molecule has 5 heteroatoms. The second-order valence-electron chi connectivity index (χ2n) is 5.35. The van der Waals surface area contributed by atoms with Crippen LogP contribution in [0.3, 0.4) is 0 Å². The van der Waals surface area contributed by atoms with E-state index >= 15 is 0 Å². The second-order valence-corrected chi connectivity index (χ2v) is 5.35. The van der Waals surface area contributed by atoms with Crippen molar-refractivity contribution in [2.75, 3.05) is 13.2 Å². The molecule has 0 aliphatic heterocycles. The van der Waals surface area contributed by atoms with Crippen LogP contribution in [0.15, 0.2) is 42.6 Å². The zero-order chi connectivity index (χ0) is 16.5. The summed E-state index contributed by atoms with van der Waals surface area (Å²) in [6.07, 6.45) is 2.46. The molecule has 5 nitrogen and oxygen atoms in total. The highest BCUT2D eigenvalue weighted by atomic mass is 16.5. The van der Waals surface area contributed by atoms with E-state index in [0.29, 0.717) is 19.7 Å². The molecular weight excluding hydrogens is 290 g/mol. The first-order chi connectivity index (χ1) is 11.2. The standard InChI is InChI=1S/C18H23N3O2/c1-14-7-5-8-15(2)17(14)23-12-6-11-20-18(22)21-13-16-9-3-4-10-19-16/h3-5,7-10H,6,11-13H2,1-2H3,(H2,20,21,22). The Bertz CT molecular complexity index is 609. The molecule has 2 amide bonds. The number of amides is 2. The fourth-order valence-corrected chi connectivity index (χ4v) is 2.21. The van der Waals surface area contributed by atoms with Gasteiger partial charge < -0.3 is 15.4 Å². The number of hydrogen-bond acceptors (Lipinski definition) is 3. The highest BCUT2D eigenvalue weighted by molar-refractivity contribution is 5.73. The summed E-state index contributed by atoms with van der Waals surface area (Å²) in [5.74, 6) is 0.937. The molecule has 0 atom stereocenters. The molecule has 0 fully saturated rings. The Balaban J connectivity index is 1.61. The molecule has 0 unspecified atom stereocenters. The maximum atomic E-state index is 11.7. The highest BCUT2D eigenvalue weighted by Gasteiger charge is 2.03. The Morgan fingerprint density at radius 3 is 2.57 bits per heavy atom. The van der Waals surface area contributed by atoms with Crippen LogP contribution in [0.25, 0.3) is 0 Å². The summed E-state index contributed by atoms with van der Waals surface area (Å²) in [6, 6.07) is 11.5. The van der Waals surface area contributed by atoms with Crippen molar-refractivity contribution in [1.82, 2.24) is 15.6 Å². The number of aromatic nitrogens is 1. The lowest BCUT2D eigenvalue weighted by atomic mass is 10.1. The summed E-state index contributed by atoms with van der Waals surface area (Å²) >= 11 is 0. The van der Waals surface area contributed by atoms with Crippen LogP contribution in [0, 0.1) is 13.8 Å². The first-order valence-corrected chi connectivity index (χ1v) is 7.77. The molecule has 2 N–H and O–H groups in total. The van der Waals surface area contributed by atoms with Crippen LogP contribution >= 0.6 is 0 Å². The van der Waals surface area contributed by atoms with Crippen LogP contribution in [0.5, 0.6) is 5.75 Å². The van der Waals surface area contributed by atoms with Gasteiger partial charge in [0, 0.05) is 12.7 Å². The normalized spacial score (nSPS) is 10.2. The Morgan fingerprint density at radius 2 is 1.87 bits per heavy atom. The molecule has 0 aliphatic rings. The summed E-state index contributed by atoms with van der Waals surface area (Å²) in [4.78, 5) is 15.8. The number of carbonyl (C=O) groups excluding carboxylic acids is 1. The van der Waals surface area contributed by atoms with Gasteiger partial charge >= 0.3 is 6.03 Å². The number of benzene rings is 1. The summed E-state index contributed by atoms with van der Waals surface area (Å²) in [7, 11) is 0. The summed E-state index contributed by atoms with van der Waals surface area (Å²) < 4.78 is 5.80. The molecule has 2 rings (SSSR count). The van der Waals surface area contributed by atoms with Gasteiger partial charge in [-0.15, -0.1) is 0 Å². The molecule has 2 aromatic rings. The molecule has 122 valence electrons. The number of rotatable bonds is 7. The average Bonchev–Trinajstić information content (AvgIpc) is 2.56. The third-order valence-electron chi connectivity index (χ3n) is 3.42. The van der Waals surface area contributed by atoms with Crippen molar-refractivity contribution in [1.29, 1.82) is 0 Å². The van der Waals surface area contributed by atoms with E-state index in [0.717, 1.165) is 29.0 Å². The highest BCUT2D eigenvalue weighted by Crippen LogP contribution is 2.22. The van der Waals surface area contributed by atoms with Gasteiger partial charge in [-0.1, -0.05) is 24.3 Å². The van der Waals surface area contributed by atoms with E-state index < -0.39 is 0 Å². The maximum Gasteiger partial charge on any atom is 0.315 e. The maximum absolute atomic E-state index is 11.7. The number of aryl methyl sites for hydroxylation is 2. The number of hydrogen-bond donors (Lipinski definition) is 2. The lowest BCUT2D eigenvalue weighted by molar-refractivity contribution is 0.238. The molecule has 1 heterocycles. The zero-order valence-corrected chi connectivity index (χ0v) is 13.6. The molecule has 0 saturated carbocycles. The van der Waals surface area contributed by atoms with Gasteiger partial charge in [-0.25, -0.2) is 4.79 Å². The zero-order valence-electron chi connectivity index (χ0n) is 13.6. The van der Waals surface area contributed by atoms with Crippen LogP contribution in [-0.4, -0.2) is 24.2 Å². The Kier molecular flexibility index (Phi) is 6.41. The third kappa shape index (κ3) is 5.62. The van der Waals surface area contributed by atoms with Crippen LogP contribution < -0.4 is 15.4 Å². The van der Waals surface area contributed by atoms with E-state index in [-0.39, 0.29) is 6.03 Å². The molecule has 0 saturated heterocycles. The number of nitrogens with one attached hydrogen (secondary N) is 2. The van der Waals surface area contributed by atoms with Crippen LogP contribution in [0.1, 0.15) is 23.2 Å². The largest absolute Gasteiger partial charge is 0.493 e. The minimum atomic E-state index is -0.192. The lowest BCUT2D eigenvalue weighted by Crippen LogP contribution is -2.36. The quantitative estimate of drug-likeness (QED) is 0.773. The number of para-hydroxylation sites is 1.